The van der Waals surface area contributed by atoms with Crippen LogP contribution in [0.5, 0.6) is 5.75 Å². The lowest BCUT2D eigenvalue weighted by Crippen LogP contribution is -2.28. The van der Waals surface area contributed by atoms with Crippen molar-refractivity contribution in [3.05, 3.63) is 34.4 Å². The average Bonchev–Trinajstić information content (AvgIpc) is 2.28. The summed E-state index contributed by atoms with van der Waals surface area (Å²) in [6, 6.07) is 6.25. The fourth-order valence-electron chi connectivity index (χ4n) is 1.46. The summed E-state index contributed by atoms with van der Waals surface area (Å²) in [4.78, 5) is 10.2. The van der Waals surface area contributed by atoms with Gasteiger partial charge in [-0.1, -0.05) is 26.8 Å². The van der Waals surface area contributed by atoms with Crippen molar-refractivity contribution in [2.24, 2.45) is 11.3 Å². The number of nitro groups is 1. The van der Waals surface area contributed by atoms with E-state index >= 15 is 0 Å². The lowest BCUT2D eigenvalue weighted by atomic mass is 9.82. The summed E-state index contributed by atoms with van der Waals surface area (Å²) in [7, 11) is 0. The zero-order chi connectivity index (χ0) is 13.8. The highest BCUT2D eigenvalue weighted by Crippen LogP contribution is 2.28. The summed E-state index contributed by atoms with van der Waals surface area (Å²) in [5.41, 5.74) is 0.147. The monoisotopic (exact) mass is 269 g/mol. The number of hydrogen-bond acceptors (Lipinski definition) is 4. The van der Waals surface area contributed by atoms with Gasteiger partial charge in [0, 0.05) is 12.0 Å². The Morgan fingerprint density at radius 1 is 1.44 bits per heavy atom. The zero-order valence-corrected chi connectivity index (χ0v) is 11.8. The smallest absolute Gasteiger partial charge is 0.273 e. The van der Waals surface area contributed by atoms with E-state index in [2.05, 4.69) is 33.4 Å². The second kappa shape index (κ2) is 6.09. The summed E-state index contributed by atoms with van der Waals surface area (Å²) in [5.74, 6) is 1.54. The standard InChI is InChI=1S/C13H19NO3S/c1-13(2,3)10(9-18)8-17-12-6-4-5-11(7-12)14(15)16/h4-7,10,18H,8-9H2,1-3H3. The van der Waals surface area contributed by atoms with Crippen LogP contribution in [0.25, 0.3) is 0 Å². The molecule has 0 saturated heterocycles. The first-order valence-corrected chi connectivity index (χ1v) is 6.46. The minimum absolute atomic E-state index is 0.0469. The molecule has 0 aromatic heterocycles. The summed E-state index contributed by atoms with van der Waals surface area (Å²) in [6.45, 7) is 6.90. The molecule has 0 amide bonds. The quantitative estimate of drug-likeness (QED) is 0.505. The third-order valence-corrected chi connectivity index (χ3v) is 3.37. The molecule has 4 nitrogen and oxygen atoms in total. The van der Waals surface area contributed by atoms with Gasteiger partial charge in [-0.15, -0.1) is 0 Å². The van der Waals surface area contributed by atoms with E-state index in [9.17, 15) is 10.1 Å². The molecular formula is C13H19NO3S. The minimum atomic E-state index is -0.424. The Morgan fingerprint density at radius 2 is 2.11 bits per heavy atom. The summed E-state index contributed by atoms with van der Waals surface area (Å²) >= 11 is 4.32. The molecule has 0 fully saturated rings. The van der Waals surface area contributed by atoms with Crippen LogP contribution in [0.3, 0.4) is 0 Å². The first-order chi connectivity index (χ1) is 8.34. The van der Waals surface area contributed by atoms with E-state index in [1.54, 1.807) is 12.1 Å². The molecule has 1 rings (SSSR count). The Morgan fingerprint density at radius 3 is 2.61 bits per heavy atom. The molecule has 0 radical (unpaired) electrons. The highest BCUT2D eigenvalue weighted by atomic mass is 32.1. The predicted octanol–water partition coefficient (Wildman–Crippen LogP) is 3.57. The first-order valence-electron chi connectivity index (χ1n) is 5.82. The van der Waals surface area contributed by atoms with Gasteiger partial charge < -0.3 is 4.74 Å². The molecule has 1 atom stereocenters. The molecule has 0 aliphatic heterocycles. The number of thiol groups is 1. The first kappa shape index (κ1) is 14.8. The molecule has 5 heteroatoms. The second-order valence-electron chi connectivity index (χ2n) is 5.31. The molecule has 0 N–H and O–H groups in total. The van der Waals surface area contributed by atoms with E-state index in [1.807, 2.05) is 0 Å². The van der Waals surface area contributed by atoms with Crippen molar-refractivity contribution < 1.29 is 9.66 Å². The van der Waals surface area contributed by atoms with Gasteiger partial charge in [-0.3, -0.25) is 10.1 Å². The van der Waals surface area contributed by atoms with Gasteiger partial charge in [-0.2, -0.15) is 12.6 Å². The van der Waals surface area contributed by atoms with Gasteiger partial charge in [0.25, 0.3) is 5.69 Å². The largest absolute Gasteiger partial charge is 0.493 e. The topological polar surface area (TPSA) is 52.4 Å². The van der Waals surface area contributed by atoms with Crippen molar-refractivity contribution in [3.63, 3.8) is 0 Å². The number of benzene rings is 1. The normalized spacial score (nSPS) is 13.1. The lowest BCUT2D eigenvalue weighted by molar-refractivity contribution is -0.384. The Balaban J connectivity index is 2.68. The van der Waals surface area contributed by atoms with Crippen LogP contribution in [0.2, 0.25) is 0 Å². The van der Waals surface area contributed by atoms with Crippen LogP contribution in [-0.2, 0) is 0 Å². The van der Waals surface area contributed by atoms with Crippen LogP contribution in [0.1, 0.15) is 20.8 Å². The second-order valence-corrected chi connectivity index (χ2v) is 5.68. The molecule has 100 valence electrons. The van der Waals surface area contributed by atoms with Crippen molar-refractivity contribution in [2.75, 3.05) is 12.4 Å². The van der Waals surface area contributed by atoms with E-state index < -0.39 is 4.92 Å². The molecule has 18 heavy (non-hydrogen) atoms. The van der Waals surface area contributed by atoms with Gasteiger partial charge in [0.05, 0.1) is 17.6 Å². The van der Waals surface area contributed by atoms with Crippen LogP contribution < -0.4 is 4.74 Å². The minimum Gasteiger partial charge on any atom is -0.493 e. The molecule has 0 spiro atoms. The Kier molecular flexibility index (Phi) is 5.02. The molecule has 0 aliphatic rings. The molecule has 0 heterocycles. The maximum absolute atomic E-state index is 10.6. The van der Waals surface area contributed by atoms with E-state index in [0.29, 0.717) is 18.3 Å². The van der Waals surface area contributed by atoms with Gasteiger partial charge in [0.1, 0.15) is 5.75 Å². The van der Waals surface area contributed by atoms with Crippen LogP contribution >= 0.6 is 12.6 Å². The van der Waals surface area contributed by atoms with Crippen molar-refractivity contribution in [1.82, 2.24) is 0 Å². The van der Waals surface area contributed by atoms with Crippen molar-refractivity contribution in [2.45, 2.75) is 20.8 Å². The van der Waals surface area contributed by atoms with Crippen molar-refractivity contribution in [1.29, 1.82) is 0 Å². The summed E-state index contributed by atoms with van der Waals surface area (Å²) < 4.78 is 5.62. The van der Waals surface area contributed by atoms with Gasteiger partial charge >= 0.3 is 0 Å². The number of rotatable bonds is 5. The molecule has 1 aromatic carbocycles. The Bertz CT molecular complexity index is 415. The Labute approximate surface area is 113 Å². The van der Waals surface area contributed by atoms with Crippen LogP contribution in [0.4, 0.5) is 5.69 Å². The molecule has 1 aromatic rings. The molecular weight excluding hydrogens is 250 g/mol. The van der Waals surface area contributed by atoms with Crippen LogP contribution in [-0.4, -0.2) is 17.3 Å². The van der Waals surface area contributed by atoms with Gasteiger partial charge in [0.15, 0.2) is 0 Å². The van der Waals surface area contributed by atoms with Gasteiger partial charge in [0.2, 0.25) is 0 Å². The maximum atomic E-state index is 10.6. The van der Waals surface area contributed by atoms with E-state index in [0.717, 1.165) is 5.75 Å². The predicted molar refractivity (Wildman–Crippen MR) is 75.4 cm³/mol. The number of ether oxygens (including phenoxy) is 1. The van der Waals surface area contributed by atoms with Crippen LogP contribution in [0, 0.1) is 21.4 Å². The van der Waals surface area contributed by atoms with Crippen molar-refractivity contribution in [3.8, 4) is 5.75 Å². The number of nitro benzene ring substituents is 1. The SMILES string of the molecule is CC(C)(C)C(CS)COc1cccc([N+](=O)[O-])c1. The molecule has 0 bridgehead atoms. The number of nitrogens with zero attached hydrogens (tertiary/aromatic N) is 1. The fraction of sp³-hybridized carbons (Fsp3) is 0.538. The maximum Gasteiger partial charge on any atom is 0.273 e. The van der Waals surface area contributed by atoms with E-state index in [4.69, 9.17) is 4.74 Å². The van der Waals surface area contributed by atoms with E-state index in [-0.39, 0.29) is 11.1 Å². The third-order valence-electron chi connectivity index (χ3n) is 2.92. The van der Waals surface area contributed by atoms with Crippen LogP contribution in [0.15, 0.2) is 24.3 Å². The lowest BCUT2D eigenvalue weighted by Gasteiger charge is -2.29. The summed E-state index contributed by atoms with van der Waals surface area (Å²) in [6.07, 6.45) is 0. The van der Waals surface area contributed by atoms with E-state index in [1.165, 1.54) is 12.1 Å². The number of hydrogen-bond donors (Lipinski definition) is 1. The molecule has 1 unspecified atom stereocenters. The van der Waals surface area contributed by atoms with Gasteiger partial charge in [-0.25, -0.2) is 0 Å². The highest BCUT2D eigenvalue weighted by Gasteiger charge is 2.24. The van der Waals surface area contributed by atoms with Crippen molar-refractivity contribution >= 4 is 18.3 Å². The molecule has 0 saturated carbocycles. The third kappa shape index (κ3) is 4.22. The molecule has 0 aliphatic carbocycles. The number of non-ortho nitro benzene ring substituents is 1. The zero-order valence-electron chi connectivity index (χ0n) is 10.9. The average molecular weight is 269 g/mol. The highest BCUT2D eigenvalue weighted by molar-refractivity contribution is 7.80. The van der Waals surface area contributed by atoms with Gasteiger partial charge in [-0.05, 0) is 17.2 Å². The Hall–Kier alpha value is -1.23. The fourth-order valence-corrected chi connectivity index (χ4v) is 2.11. The summed E-state index contributed by atoms with van der Waals surface area (Å²) in [5, 5.41) is 10.6.